The van der Waals surface area contributed by atoms with Gasteiger partial charge in [-0.15, -0.1) is 0 Å². The average Bonchev–Trinajstić information content (AvgIpc) is 2.78. The molecule has 2 unspecified atom stereocenters. The van der Waals surface area contributed by atoms with E-state index in [0.29, 0.717) is 6.61 Å². The SMILES string of the molecule is CSCCC(OC(C)=O)C1(Cl)CO1. The number of thioether (sulfide) groups is 1. The number of rotatable bonds is 5. The summed E-state index contributed by atoms with van der Waals surface area (Å²) in [5.41, 5.74) is 0. The zero-order chi connectivity index (χ0) is 9.90. The molecular weight excluding hydrogens is 212 g/mol. The van der Waals surface area contributed by atoms with E-state index < -0.39 is 5.06 Å². The van der Waals surface area contributed by atoms with Crippen molar-refractivity contribution < 1.29 is 14.3 Å². The van der Waals surface area contributed by atoms with Gasteiger partial charge in [0.1, 0.15) is 6.10 Å². The molecule has 0 aromatic carbocycles. The third-order valence-electron chi connectivity index (χ3n) is 1.79. The molecule has 0 amide bonds. The number of halogens is 1. The summed E-state index contributed by atoms with van der Waals surface area (Å²) in [6, 6.07) is 0. The molecule has 0 radical (unpaired) electrons. The molecule has 0 aromatic heterocycles. The number of ether oxygens (including phenoxy) is 2. The molecule has 0 saturated carbocycles. The quantitative estimate of drug-likeness (QED) is 0.404. The molecule has 0 N–H and O–H groups in total. The number of esters is 1. The fourth-order valence-corrected chi connectivity index (χ4v) is 1.70. The van der Waals surface area contributed by atoms with E-state index >= 15 is 0 Å². The molecule has 1 aliphatic heterocycles. The van der Waals surface area contributed by atoms with Crippen LogP contribution in [0.1, 0.15) is 13.3 Å². The number of epoxide rings is 1. The third kappa shape index (κ3) is 3.37. The van der Waals surface area contributed by atoms with Gasteiger partial charge in [0.2, 0.25) is 5.06 Å². The third-order valence-corrected chi connectivity index (χ3v) is 2.90. The summed E-state index contributed by atoms with van der Waals surface area (Å²) in [4.78, 5) is 10.7. The van der Waals surface area contributed by atoms with Crippen LogP contribution in [0.2, 0.25) is 0 Å². The zero-order valence-electron chi connectivity index (χ0n) is 7.71. The Kier molecular flexibility index (Phi) is 3.88. The second-order valence-electron chi connectivity index (χ2n) is 2.95. The largest absolute Gasteiger partial charge is 0.458 e. The normalized spacial score (nSPS) is 28.2. The highest BCUT2D eigenvalue weighted by atomic mass is 35.5. The standard InChI is InChI=1S/C8H13ClO3S/c1-6(10)12-7(3-4-13-2)8(9)5-11-8/h7H,3-5H2,1-2H3. The fourth-order valence-electron chi connectivity index (χ4n) is 1.04. The van der Waals surface area contributed by atoms with E-state index in [1.807, 2.05) is 6.26 Å². The van der Waals surface area contributed by atoms with Gasteiger partial charge in [0.05, 0.1) is 6.61 Å². The van der Waals surface area contributed by atoms with Gasteiger partial charge in [-0.05, 0) is 18.4 Å². The Morgan fingerprint density at radius 1 is 1.85 bits per heavy atom. The van der Waals surface area contributed by atoms with Gasteiger partial charge in [-0.25, -0.2) is 0 Å². The highest BCUT2D eigenvalue weighted by Crippen LogP contribution is 2.39. The molecule has 13 heavy (non-hydrogen) atoms. The van der Waals surface area contributed by atoms with Crippen molar-refractivity contribution in [1.29, 1.82) is 0 Å². The van der Waals surface area contributed by atoms with Crippen LogP contribution in [-0.2, 0) is 14.3 Å². The number of carbonyl (C=O) groups is 1. The molecule has 5 heteroatoms. The Morgan fingerprint density at radius 2 is 2.46 bits per heavy atom. The molecule has 0 spiro atoms. The summed E-state index contributed by atoms with van der Waals surface area (Å²) < 4.78 is 10.1. The van der Waals surface area contributed by atoms with Crippen molar-refractivity contribution in [3.05, 3.63) is 0 Å². The summed E-state index contributed by atoms with van der Waals surface area (Å²) in [6.07, 6.45) is 2.43. The molecular formula is C8H13ClO3S. The molecule has 0 bridgehead atoms. The number of carbonyl (C=O) groups excluding carboxylic acids is 1. The highest BCUT2D eigenvalue weighted by molar-refractivity contribution is 7.98. The lowest BCUT2D eigenvalue weighted by Gasteiger charge is -2.18. The number of hydrogen-bond acceptors (Lipinski definition) is 4. The molecule has 0 aliphatic carbocycles. The van der Waals surface area contributed by atoms with Crippen molar-refractivity contribution >= 4 is 29.3 Å². The van der Waals surface area contributed by atoms with E-state index in [-0.39, 0.29) is 12.1 Å². The molecule has 2 atom stereocenters. The molecule has 3 nitrogen and oxygen atoms in total. The van der Waals surface area contributed by atoms with E-state index in [2.05, 4.69) is 0 Å². The van der Waals surface area contributed by atoms with E-state index in [4.69, 9.17) is 21.1 Å². The summed E-state index contributed by atoms with van der Waals surface area (Å²) in [6.45, 7) is 1.86. The molecule has 1 rings (SSSR count). The Morgan fingerprint density at radius 3 is 2.85 bits per heavy atom. The van der Waals surface area contributed by atoms with Crippen LogP contribution in [0.25, 0.3) is 0 Å². The van der Waals surface area contributed by atoms with Crippen molar-refractivity contribution in [1.82, 2.24) is 0 Å². The first-order chi connectivity index (χ1) is 6.08. The first-order valence-corrected chi connectivity index (χ1v) is 5.84. The van der Waals surface area contributed by atoms with E-state index in [1.54, 1.807) is 11.8 Å². The predicted molar refractivity (Wildman–Crippen MR) is 53.1 cm³/mol. The van der Waals surface area contributed by atoms with Gasteiger partial charge in [-0.1, -0.05) is 11.6 Å². The maximum atomic E-state index is 10.7. The Balaban J connectivity index is 2.39. The molecule has 1 aliphatic rings. The maximum Gasteiger partial charge on any atom is 0.303 e. The second kappa shape index (κ2) is 4.53. The topological polar surface area (TPSA) is 38.8 Å². The Hall–Kier alpha value is 0.0700. The minimum absolute atomic E-state index is 0.304. The lowest BCUT2D eigenvalue weighted by atomic mass is 10.2. The van der Waals surface area contributed by atoms with Crippen LogP contribution in [0.15, 0.2) is 0 Å². The second-order valence-corrected chi connectivity index (χ2v) is 4.58. The van der Waals surface area contributed by atoms with Crippen LogP contribution in [0.4, 0.5) is 0 Å². The van der Waals surface area contributed by atoms with Crippen molar-refractivity contribution in [2.45, 2.75) is 24.5 Å². The molecule has 0 aromatic rings. The average molecular weight is 225 g/mol. The Labute approximate surface area is 87.1 Å². The molecule has 1 saturated heterocycles. The van der Waals surface area contributed by atoms with Gasteiger partial charge in [-0.2, -0.15) is 11.8 Å². The van der Waals surface area contributed by atoms with Gasteiger partial charge in [0.15, 0.2) is 0 Å². The maximum absolute atomic E-state index is 10.7. The van der Waals surface area contributed by atoms with Crippen molar-refractivity contribution in [3.63, 3.8) is 0 Å². The summed E-state index contributed by atoms with van der Waals surface area (Å²) in [5, 5.41) is -0.735. The lowest BCUT2D eigenvalue weighted by Crippen LogP contribution is -2.30. The van der Waals surface area contributed by atoms with E-state index in [9.17, 15) is 4.79 Å². The van der Waals surface area contributed by atoms with Crippen molar-refractivity contribution in [2.75, 3.05) is 18.6 Å². The summed E-state index contributed by atoms with van der Waals surface area (Å²) in [5.74, 6) is 0.608. The molecule has 76 valence electrons. The van der Waals surface area contributed by atoms with Crippen LogP contribution in [0.5, 0.6) is 0 Å². The van der Waals surface area contributed by atoms with Crippen LogP contribution >= 0.6 is 23.4 Å². The molecule has 1 heterocycles. The van der Waals surface area contributed by atoms with Crippen LogP contribution in [0, 0.1) is 0 Å². The van der Waals surface area contributed by atoms with Gasteiger partial charge in [0.25, 0.3) is 0 Å². The summed E-state index contributed by atoms with van der Waals surface area (Å²) >= 11 is 7.68. The van der Waals surface area contributed by atoms with E-state index in [0.717, 1.165) is 12.2 Å². The first-order valence-electron chi connectivity index (χ1n) is 4.07. The highest BCUT2D eigenvalue weighted by Gasteiger charge is 2.51. The van der Waals surface area contributed by atoms with Gasteiger partial charge in [0, 0.05) is 6.92 Å². The lowest BCUT2D eigenvalue weighted by molar-refractivity contribution is -0.148. The number of hydrogen-bond donors (Lipinski definition) is 0. The predicted octanol–water partition coefficient (Wildman–Crippen LogP) is 1.64. The van der Waals surface area contributed by atoms with Crippen LogP contribution in [-0.4, -0.2) is 35.7 Å². The fraction of sp³-hybridized carbons (Fsp3) is 0.875. The Bertz CT molecular complexity index is 194. The first kappa shape index (κ1) is 11.1. The van der Waals surface area contributed by atoms with Crippen LogP contribution in [0.3, 0.4) is 0 Å². The van der Waals surface area contributed by atoms with Gasteiger partial charge >= 0.3 is 5.97 Å². The molecule has 1 fully saturated rings. The van der Waals surface area contributed by atoms with Crippen LogP contribution < -0.4 is 0 Å². The number of alkyl halides is 1. The van der Waals surface area contributed by atoms with Crippen molar-refractivity contribution in [3.8, 4) is 0 Å². The smallest absolute Gasteiger partial charge is 0.303 e. The summed E-state index contributed by atoms with van der Waals surface area (Å²) in [7, 11) is 0. The van der Waals surface area contributed by atoms with Gasteiger partial charge < -0.3 is 9.47 Å². The minimum atomic E-state index is -0.735. The monoisotopic (exact) mass is 224 g/mol. The zero-order valence-corrected chi connectivity index (χ0v) is 9.28. The minimum Gasteiger partial charge on any atom is -0.458 e. The van der Waals surface area contributed by atoms with E-state index in [1.165, 1.54) is 6.92 Å². The van der Waals surface area contributed by atoms with Crippen molar-refractivity contribution in [2.24, 2.45) is 0 Å². The van der Waals surface area contributed by atoms with Gasteiger partial charge in [-0.3, -0.25) is 4.79 Å².